The number of ether oxygens (including phenoxy) is 2. The summed E-state index contributed by atoms with van der Waals surface area (Å²) in [6, 6.07) is 0.731. The van der Waals surface area contributed by atoms with Crippen molar-refractivity contribution >= 4 is 14.8 Å². The molecule has 0 radical (unpaired) electrons. The van der Waals surface area contributed by atoms with Crippen molar-refractivity contribution in [3.05, 3.63) is 0 Å². The fourth-order valence-corrected chi connectivity index (χ4v) is 7.65. The monoisotopic (exact) mass is 516 g/mol. The van der Waals surface area contributed by atoms with Crippen LogP contribution in [0.5, 0.6) is 0 Å². The summed E-state index contributed by atoms with van der Waals surface area (Å²) < 4.78 is 29.0. The molecule has 0 saturated heterocycles. The molecule has 1 rings (SSSR count). The first kappa shape index (κ1) is 32.6. The highest BCUT2D eigenvalue weighted by molar-refractivity contribution is 6.60. The van der Waals surface area contributed by atoms with E-state index in [1.165, 1.54) is 25.7 Å². The lowest BCUT2D eigenvalue weighted by atomic mass is 9.67. The molecule has 1 aliphatic carbocycles. The summed E-state index contributed by atoms with van der Waals surface area (Å²) in [5, 5.41) is 0. The first-order valence-corrected chi connectivity index (χ1v) is 16.1. The van der Waals surface area contributed by atoms with Crippen molar-refractivity contribution < 1.29 is 27.5 Å². The second kappa shape index (κ2) is 16.4. The Bertz CT molecular complexity index is 549. The average molecular weight is 517 g/mol. The van der Waals surface area contributed by atoms with Gasteiger partial charge in [-0.05, 0) is 88.9 Å². The minimum atomic E-state index is -2.62. The molecule has 7 heteroatoms. The van der Waals surface area contributed by atoms with Crippen LogP contribution in [0.4, 0.5) is 0 Å². The molecule has 0 aromatic carbocycles. The van der Waals surface area contributed by atoms with Crippen LogP contribution in [0.1, 0.15) is 113 Å². The maximum atomic E-state index is 12.1. The molecule has 0 bridgehead atoms. The van der Waals surface area contributed by atoms with Crippen molar-refractivity contribution in [2.45, 2.75) is 125 Å². The van der Waals surface area contributed by atoms with Gasteiger partial charge < -0.3 is 22.8 Å². The van der Waals surface area contributed by atoms with E-state index in [9.17, 15) is 4.79 Å². The number of hydrogen-bond acceptors (Lipinski definition) is 6. The van der Waals surface area contributed by atoms with Crippen molar-refractivity contribution in [3.8, 4) is 0 Å². The van der Waals surface area contributed by atoms with Gasteiger partial charge in [-0.1, -0.05) is 34.6 Å². The summed E-state index contributed by atoms with van der Waals surface area (Å²) in [7, 11) is -2.62. The van der Waals surface area contributed by atoms with Crippen molar-refractivity contribution in [2.75, 3.05) is 33.0 Å². The SMILES string of the molecule is CCO[Si](CCCCC(=O)OCCOC1CCC(C(C)(C)CCC(C)(C)C)CC1)(OCC)OCC. The Kier molecular flexibility index (Phi) is 15.2. The van der Waals surface area contributed by atoms with Crippen LogP contribution in [0.15, 0.2) is 0 Å². The van der Waals surface area contributed by atoms with E-state index in [0.29, 0.717) is 56.4 Å². The van der Waals surface area contributed by atoms with Gasteiger partial charge in [-0.25, -0.2) is 0 Å². The Balaban J connectivity index is 2.20. The van der Waals surface area contributed by atoms with Crippen LogP contribution in [-0.2, 0) is 27.5 Å². The maximum Gasteiger partial charge on any atom is 0.500 e. The van der Waals surface area contributed by atoms with Gasteiger partial charge in [0.15, 0.2) is 0 Å². The molecular weight excluding hydrogens is 460 g/mol. The molecule has 0 atom stereocenters. The molecule has 0 aromatic heterocycles. The minimum Gasteiger partial charge on any atom is -0.463 e. The summed E-state index contributed by atoms with van der Waals surface area (Å²) in [5.74, 6) is 0.618. The van der Waals surface area contributed by atoms with Crippen LogP contribution >= 0.6 is 0 Å². The lowest BCUT2D eigenvalue weighted by Gasteiger charge is -2.40. The molecule has 0 N–H and O–H groups in total. The smallest absolute Gasteiger partial charge is 0.463 e. The van der Waals surface area contributed by atoms with Crippen molar-refractivity contribution in [1.82, 2.24) is 0 Å². The van der Waals surface area contributed by atoms with E-state index < -0.39 is 8.80 Å². The second-order valence-electron chi connectivity index (χ2n) is 11.8. The first-order chi connectivity index (χ1) is 16.5. The van der Waals surface area contributed by atoms with Gasteiger partial charge in [0, 0.05) is 32.3 Å². The van der Waals surface area contributed by atoms with Crippen LogP contribution in [-0.4, -0.2) is 53.9 Å². The van der Waals surface area contributed by atoms with Gasteiger partial charge in [-0.3, -0.25) is 4.79 Å². The number of esters is 1. The van der Waals surface area contributed by atoms with E-state index in [4.69, 9.17) is 22.8 Å². The predicted molar refractivity (Wildman–Crippen MR) is 144 cm³/mol. The summed E-state index contributed by atoms with van der Waals surface area (Å²) in [6.07, 6.45) is 9.54. The summed E-state index contributed by atoms with van der Waals surface area (Å²) >= 11 is 0. The van der Waals surface area contributed by atoms with Crippen molar-refractivity contribution in [2.24, 2.45) is 16.7 Å². The fraction of sp³-hybridized carbons (Fsp3) is 0.964. The van der Waals surface area contributed by atoms with Crippen LogP contribution in [0.2, 0.25) is 6.04 Å². The molecule has 0 aliphatic heterocycles. The first-order valence-electron chi connectivity index (χ1n) is 14.2. The van der Waals surface area contributed by atoms with Gasteiger partial charge in [0.2, 0.25) is 0 Å². The molecule has 1 fully saturated rings. The van der Waals surface area contributed by atoms with Crippen LogP contribution in [0.25, 0.3) is 0 Å². The summed E-state index contributed by atoms with van der Waals surface area (Å²) in [5.41, 5.74) is 0.793. The molecule has 0 unspecified atom stereocenters. The lowest BCUT2D eigenvalue weighted by Crippen LogP contribution is -2.45. The molecule has 1 saturated carbocycles. The predicted octanol–water partition coefficient (Wildman–Crippen LogP) is 7.18. The minimum absolute atomic E-state index is 0.158. The Labute approximate surface area is 217 Å². The largest absolute Gasteiger partial charge is 0.500 e. The highest BCUT2D eigenvalue weighted by atomic mass is 28.4. The van der Waals surface area contributed by atoms with Crippen LogP contribution in [0, 0.1) is 16.7 Å². The Morgan fingerprint density at radius 1 is 0.800 bits per heavy atom. The fourth-order valence-electron chi connectivity index (χ4n) is 4.97. The van der Waals surface area contributed by atoms with Crippen molar-refractivity contribution in [3.63, 3.8) is 0 Å². The van der Waals surface area contributed by atoms with Gasteiger partial charge in [0.05, 0.1) is 12.7 Å². The lowest BCUT2D eigenvalue weighted by molar-refractivity contribution is -0.146. The molecule has 0 spiro atoms. The van der Waals surface area contributed by atoms with Gasteiger partial charge in [-0.15, -0.1) is 0 Å². The van der Waals surface area contributed by atoms with Gasteiger partial charge in [0.1, 0.15) is 6.61 Å². The van der Waals surface area contributed by atoms with Crippen molar-refractivity contribution in [1.29, 1.82) is 0 Å². The van der Waals surface area contributed by atoms with E-state index in [1.54, 1.807) is 0 Å². The normalized spacial score (nSPS) is 19.7. The standard InChI is InChI=1S/C28H56O6Si/c1-9-32-35(33-10-2,34-11-3)23-13-12-14-26(29)31-22-21-30-25-17-15-24(16-18-25)28(7,8)20-19-27(4,5)6/h24-25H,9-23H2,1-8H3. The third-order valence-electron chi connectivity index (χ3n) is 7.21. The third kappa shape index (κ3) is 13.6. The van der Waals surface area contributed by atoms with E-state index in [0.717, 1.165) is 37.6 Å². The summed E-state index contributed by atoms with van der Waals surface area (Å²) in [6.45, 7) is 20.3. The second-order valence-corrected chi connectivity index (χ2v) is 14.5. The van der Waals surface area contributed by atoms with Gasteiger partial charge in [-0.2, -0.15) is 0 Å². The van der Waals surface area contributed by atoms with Crippen LogP contribution in [0.3, 0.4) is 0 Å². The third-order valence-corrected chi connectivity index (χ3v) is 10.4. The Morgan fingerprint density at radius 2 is 1.37 bits per heavy atom. The molecule has 1 aliphatic rings. The van der Waals surface area contributed by atoms with E-state index in [-0.39, 0.29) is 5.97 Å². The zero-order valence-electron chi connectivity index (χ0n) is 24.2. The zero-order valence-corrected chi connectivity index (χ0v) is 25.2. The van der Waals surface area contributed by atoms with E-state index in [1.807, 2.05) is 20.8 Å². The molecule has 6 nitrogen and oxygen atoms in total. The van der Waals surface area contributed by atoms with Gasteiger partial charge >= 0.3 is 14.8 Å². The Morgan fingerprint density at radius 3 is 1.89 bits per heavy atom. The molecular formula is C28H56O6Si. The van der Waals surface area contributed by atoms with Gasteiger partial charge in [0.25, 0.3) is 0 Å². The quantitative estimate of drug-likeness (QED) is 0.109. The summed E-state index contributed by atoms with van der Waals surface area (Å²) in [4.78, 5) is 12.1. The number of hydrogen-bond donors (Lipinski definition) is 0. The topological polar surface area (TPSA) is 63.2 Å². The average Bonchev–Trinajstić information content (AvgIpc) is 2.79. The van der Waals surface area contributed by atoms with E-state index in [2.05, 4.69) is 34.6 Å². The number of unbranched alkanes of at least 4 members (excludes halogenated alkanes) is 1. The number of carbonyl (C=O) groups is 1. The molecule has 208 valence electrons. The highest BCUT2D eigenvalue weighted by Gasteiger charge is 2.39. The van der Waals surface area contributed by atoms with E-state index >= 15 is 0 Å². The highest BCUT2D eigenvalue weighted by Crippen LogP contribution is 2.43. The molecule has 0 amide bonds. The molecule has 0 aromatic rings. The maximum absolute atomic E-state index is 12.1. The zero-order chi connectivity index (χ0) is 26.4. The Hall–Kier alpha value is -0.473. The number of rotatable bonds is 18. The van der Waals surface area contributed by atoms with Crippen LogP contribution < -0.4 is 0 Å². The number of carbonyl (C=O) groups excluding carboxylic acids is 1. The molecule has 0 heterocycles. The molecule has 35 heavy (non-hydrogen) atoms.